The first kappa shape index (κ1) is 14.0. The van der Waals surface area contributed by atoms with Gasteiger partial charge in [-0.2, -0.15) is 5.10 Å². The van der Waals surface area contributed by atoms with Crippen molar-refractivity contribution in [1.29, 1.82) is 0 Å². The number of likely N-dealkylation sites (N-methyl/N-ethyl adjacent to an activating group) is 1. The van der Waals surface area contributed by atoms with Crippen LogP contribution in [0, 0.1) is 5.92 Å². The summed E-state index contributed by atoms with van der Waals surface area (Å²) in [5, 5.41) is 13.4. The van der Waals surface area contributed by atoms with Crippen LogP contribution in [0.15, 0.2) is 16.9 Å². The second-order valence-corrected chi connectivity index (χ2v) is 6.18. The van der Waals surface area contributed by atoms with Crippen molar-refractivity contribution >= 4 is 15.9 Å². The Morgan fingerprint density at radius 3 is 2.72 bits per heavy atom. The second-order valence-electron chi connectivity index (χ2n) is 5.26. The summed E-state index contributed by atoms with van der Waals surface area (Å²) < 4.78 is 3.01. The van der Waals surface area contributed by atoms with E-state index in [9.17, 15) is 0 Å². The molecule has 1 N–H and O–H groups in total. The van der Waals surface area contributed by atoms with Crippen LogP contribution in [0.1, 0.15) is 25.7 Å². The summed E-state index contributed by atoms with van der Waals surface area (Å²) in [5.41, 5.74) is 0. The molecular weight excluding hydrogens is 294 g/mol. The molecular formula is C13H22BrN3O. The first-order valence-corrected chi connectivity index (χ1v) is 7.47. The van der Waals surface area contributed by atoms with Crippen molar-refractivity contribution in [3.8, 4) is 0 Å². The maximum Gasteiger partial charge on any atom is 0.0632 e. The van der Waals surface area contributed by atoms with E-state index in [1.54, 1.807) is 0 Å². The zero-order valence-corrected chi connectivity index (χ0v) is 12.5. The first-order valence-electron chi connectivity index (χ1n) is 6.68. The molecule has 0 amide bonds. The van der Waals surface area contributed by atoms with E-state index in [0.717, 1.165) is 17.6 Å². The minimum Gasteiger partial charge on any atom is -0.396 e. The topological polar surface area (TPSA) is 41.3 Å². The largest absolute Gasteiger partial charge is 0.396 e. The smallest absolute Gasteiger partial charge is 0.0632 e. The molecule has 0 unspecified atom stereocenters. The van der Waals surface area contributed by atoms with Crippen LogP contribution in [0.3, 0.4) is 0 Å². The van der Waals surface area contributed by atoms with Gasteiger partial charge in [-0.15, -0.1) is 0 Å². The normalized spacial score (nSPS) is 24.7. The number of hydrogen-bond acceptors (Lipinski definition) is 3. The molecule has 0 aliphatic heterocycles. The lowest BCUT2D eigenvalue weighted by Gasteiger charge is -2.34. The second kappa shape index (κ2) is 6.68. The van der Waals surface area contributed by atoms with Crippen molar-refractivity contribution in [3.63, 3.8) is 0 Å². The zero-order chi connectivity index (χ0) is 13.0. The predicted molar refractivity (Wildman–Crippen MR) is 75.4 cm³/mol. The summed E-state index contributed by atoms with van der Waals surface area (Å²) in [6, 6.07) is 0.673. The molecule has 0 aromatic carbocycles. The third-order valence-corrected chi connectivity index (χ3v) is 4.39. The molecule has 1 fully saturated rings. The Morgan fingerprint density at radius 1 is 1.44 bits per heavy atom. The van der Waals surface area contributed by atoms with E-state index in [0.29, 0.717) is 18.6 Å². The van der Waals surface area contributed by atoms with Crippen molar-refractivity contribution in [2.24, 2.45) is 5.92 Å². The van der Waals surface area contributed by atoms with Crippen LogP contribution in [-0.2, 0) is 6.54 Å². The van der Waals surface area contributed by atoms with Crippen molar-refractivity contribution in [1.82, 2.24) is 14.7 Å². The number of aliphatic hydroxyl groups is 1. The van der Waals surface area contributed by atoms with E-state index in [2.05, 4.69) is 33.0 Å². The minimum absolute atomic E-state index is 0.359. The SMILES string of the molecule is CN(CCn1cc(Br)cn1)C1CCC(CO)CC1. The van der Waals surface area contributed by atoms with Crippen molar-refractivity contribution in [2.75, 3.05) is 20.2 Å². The predicted octanol–water partition coefficient (Wildman–Crippen LogP) is 2.13. The molecule has 2 rings (SSSR count). The van der Waals surface area contributed by atoms with Crippen molar-refractivity contribution < 1.29 is 5.11 Å². The number of nitrogens with zero attached hydrogens (tertiary/aromatic N) is 3. The van der Waals surface area contributed by atoms with E-state index in [1.165, 1.54) is 25.7 Å². The van der Waals surface area contributed by atoms with Crippen LogP contribution in [0.25, 0.3) is 0 Å². The summed E-state index contributed by atoms with van der Waals surface area (Å²) in [6.07, 6.45) is 8.59. The van der Waals surface area contributed by atoms with Crippen LogP contribution in [-0.4, -0.2) is 46.0 Å². The molecule has 1 aromatic rings. The summed E-state index contributed by atoms with van der Waals surface area (Å²) >= 11 is 3.41. The molecule has 18 heavy (non-hydrogen) atoms. The Labute approximate surface area is 117 Å². The molecule has 0 saturated heterocycles. The summed E-state index contributed by atoms with van der Waals surface area (Å²) in [6.45, 7) is 2.32. The van der Waals surface area contributed by atoms with Crippen LogP contribution in [0.4, 0.5) is 0 Å². The Bertz CT molecular complexity index is 361. The highest BCUT2D eigenvalue weighted by Crippen LogP contribution is 2.26. The lowest BCUT2D eigenvalue weighted by Crippen LogP contribution is -2.37. The summed E-state index contributed by atoms with van der Waals surface area (Å²) in [5.74, 6) is 0.539. The average molecular weight is 316 g/mol. The van der Waals surface area contributed by atoms with E-state index >= 15 is 0 Å². The van der Waals surface area contributed by atoms with Gasteiger partial charge in [0.1, 0.15) is 0 Å². The van der Waals surface area contributed by atoms with Gasteiger partial charge in [0.05, 0.1) is 17.2 Å². The molecule has 0 radical (unpaired) electrons. The van der Waals surface area contributed by atoms with Gasteiger partial charge in [-0.05, 0) is 54.6 Å². The molecule has 1 aliphatic carbocycles. The van der Waals surface area contributed by atoms with Gasteiger partial charge in [0.15, 0.2) is 0 Å². The Kier molecular flexibility index (Phi) is 5.21. The van der Waals surface area contributed by atoms with Gasteiger partial charge in [0, 0.05) is 25.4 Å². The highest BCUT2D eigenvalue weighted by molar-refractivity contribution is 9.10. The molecule has 0 atom stereocenters. The minimum atomic E-state index is 0.359. The maximum atomic E-state index is 9.14. The fourth-order valence-electron chi connectivity index (χ4n) is 2.67. The fraction of sp³-hybridized carbons (Fsp3) is 0.769. The Hall–Kier alpha value is -0.390. The molecule has 1 aliphatic rings. The lowest BCUT2D eigenvalue weighted by atomic mass is 9.86. The lowest BCUT2D eigenvalue weighted by molar-refractivity contribution is 0.125. The van der Waals surface area contributed by atoms with E-state index in [-0.39, 0.29) is 0 Å². The quantitative estimate of drug-likeness (QED) is 0.905. The van der Waals surface area contributed by atoms with Crippen LogP contribution in [0.2, 0.25) is 0 Å². The zero-order valence-electron chi connectivity index (χ0n) is 10.9. The highest BCUT2D eigenvalue weighted by Gasteiger charge is 2.23. The van der Waals surface area contributed by atoms with Gasteiger partial charge >= 0.3 is 0 Å². The summed E-state index contributed by atoms with van der Waals surface area (Å²) in [7, 11) is 2.20. The van der Waals surface area contributed by atoms with Gasteiger partial charge in [-0.25, -0.2) is 0 Å². The Morgan fingerprint density at radius 2 is 2.17 bits per heavy atom. The van der Waals surface area contributed by atoms with E-state index in [1.807, 2.05) is 17.1 Å². The molecule has 4 nitrogen and oxygen atoms in total. The van der Waals surface area contributed by atoms with Crippen molar-refractivity contribution in [3.05, 3.63) is 16.9 Å². The summed E-state index contributed by atoms with van der Waals surface area (Å²) in [4.78, 5) is 2.43. The molecule has 0 spiro atoms. The van der Waals surface area contributed by atoms with E-state index < -0.39 is 0 Å². The van der Waals surface area contributed by atoms with Gasteiger partial charge in [-0.1, -0.05) is 0 Å². The van der Waals surface area contributed by atoms with Crippen LogP contribution in [0.5, 0.6) is 0 Å². The van der Waals surface area contributed by atoms with Gasteiger partial charge in [0.25, 0.3) is 0 Å². The molecule has 5 heteroatoms. The fourth-order valence-corrected chi connectivity index (χ4v) is 3.00. The molecule has 0 bridgehead atoms. The average Bonchev–Trinajstić information content (AvgIpc) is 2.82. The molecule has 1 saturated carbocycles. The molecule has 1 heterocycles. The first-order chi connectivity index (χ1) is 8.69. The third kappa shape index (κ3) is 3.80. The highest BCUT2D eigenvalue weighted by atomic mass is 79.9. The number of rotatable bonds is 5. The standard InChI is InChI=1S/C13H22BrN3O/c1-16(6-7-17-9-12(14)8-15-17)13-4-2-11(10-18)3-5-13/h8-9,11,13,18H,2-7,10H2,1H3. The number of halogens is 1. The van der Waals surface area contributed by atoms with E-state index in [4.69, 9.17) is 5.11 Å². The van der Waals surface area contributed by atoms with Gasteiger partial charge in [-0.3, -0.25) is 4.68 Å². The number of aromatic nitrogens is 2. The van der Waals surface area contributed by atoms with Crippen molar-refractivity contribution in [2.45, 2.75) is 38.3 Å². The van der Waals surface area contributed by atoms with Crippen LogP contribution < -0.4 is 0 Å². The van der Waals surface area contributed by atoms with Gasteiger partial charge < -0.3 is 10.0 Å². The van der Waals surface area contributed by atoms with Crippen LogP contribution >= 0.6 is 15.9 Å². The Balaban J connectivity index is 1.73. The number of hydrogen-bond donors (Lipinski definition) is 1. The number of aliphatic hydroxyl groups excluding tert-OH is 1. The third-order valence-electron chi connectivity index (χ3n) is 3.98. The molecule has 102 valence electrons. The maximum absolute atomic E-state index is 9.14. The molecule has 1 aromatic heterocycles. The van der Waals surface area contributed by atoms with Gasteiger partial charge in [0.2, 0.25) is 0 Å². The monoisotopic (exact) mass is 315 g/mol.